The highest BCUT2D eigenvalue weighted by Crippen LogP contribution is 2.64. The van der Waals surface area contributed by atoms with Gasteiger partial charge in [-0.3, -0.25) is 0 Å². The van der Waals surface area contributed by atoms with E-state index in [1.165, 1.54) is 34.6 Å². The topological polar surface area (TPSA) is 26.3 Å². The number of hydrogen-bond donors (Lipinski definition) is 0. The molecule has 226 valence electrons. The molecule has 0 saturated carbocycles. The molecule has 0 N–H and O–H groups in total. The molecule has 19 heteroatoms. The van der Waals surface area contributed by atoms with Crippen LogP contribution in [0.25, 0.3) is 0 Å². The standard InChI is InChI=1S/C19H19F17O2/c1-8(2)9(11(3,4)5)10(37)38-7-6-12(20,21)13(22,23)14(24,25)15(26,27)16(28,29)17(30,31)18(32,33)19(34,35)36/h6-7H2,1-5H3. The summed E-state index contributed by atoms with van der Waals surface area (Å²) in [7, 11) is 0. The molecule has 0 unspecified atom stereocenters. The summed E-state index contributed by atoms with van der Waals surface area (Å²) in [5.41, 5.74) is -1.14. The SMILES string of the molecule is CC(C)=C(C(=O)OCCC(F)(F)C(F)(F)C(F)(F)C(F)(F)C(F)(F)C(F)(F)C(F)(F)C(F)(F)F)C(C)(C)C. The maximum absolute atomic E-state index is 13.9. The second-order valence-electron chi connectivity index (χ2n) is 9.16. The summed E-state index contributed by atoms with van der Waals surface area (Å²) in [6, 6.07) is 0. The number of ether oxygens (including phenoxy) is 1. The van der Waals surface area contributed by atoms with E-state index in [-0.39, 0.29) is 11.1 Å². The summed E-state index contributed by atoms with van der Waals surface area (Å²) in [5.74, 6) is -58.3. The van der Waals surface area contributed by atoms with E-state index in [0.29, 0.717) is 0 Å². The van der Waals surface area contributed by atoms with E-state index in [1.54, 1.807) is 0 Å². The molecular weight excluding hydrogens is 583 g/mol. The first-order valence-corrected chi connectivity index (χ1v) is 9.76. The lowest BCUT2D eigenvalue weighted by Gasteiger charge is -2.42. The van der Waals surface area contributed by atoms with Gasteiger partial charge in [0.1, 0.15) is 0 Å². The summed E-state index contributed by atoms with van der Waals surface area (Å²) in [6.07, 6.45) is -10.6. The Morgan fingerprint density at radius 3 is 1.16 bits per heavy atom. The molecular formula is C19H19F17O2. The van der Waals surface area contributed by atoms with E-state index >= 15 is 0 Å². The van der Waals surface area contributed by atoms with Crippen molar-refractivity contribution in [2.75, 3.05) is 6.61 Å². The van der Waals surface area contributed by atoms with Crippen molar-refractivity contribution in [2.24, 2.45) is 5.41 Å². The number of rotatable bonds is 10. The molecule has 0 amide bonds. The highest BCUT2D eigenvalue weighted by atomic mass is 19.4. The Hall–Kier alpha value is -1.98. The minimum Gasteiger partial charge on any atom is -0.462 e. The van der Waals surface area contributed by atoms with Crippen molar-refractivity contribution in [3.05, 3.63) is 11.1 Å². The molecule has 0 saturated heterocycles. The number of esters is 1. The van der Waals surface area contributed by atoms with Crippen molar-refractivity contribution >= 4 is 5.97 Å². The van der Waals surface area contributed by atoms with Gasteiger partial charge in [-0.15, -0.1) is 0 Å². The molecule has 0 aromatic rings. The van der Waals surface area contributed by atoms with Crippen molar-refractivity contribution in [1.82, 2.24) is 0 Å². The first kappa shape index (κ1) is 36.0. The predicted octanol–water partition coefficient (Wildman–Crippen LogP) is 8.31. The van der Waals surface area contributed by atoms with Gasteiger partial charge in [-0.2, -0.15) is 74.6 Å². The highest BCUT2D eigenvalue weighted by Gasteiger charge is 2.95. The van der Waals surface area contributed by atoms with Gasteiger partial charge in [-0.05, 0) is 19.3 Å². The van der Waals surface area contributed by atoms with E-state index < -0.39 is 72.0 Å². The number of halogens is 17. The molecule has 0 radical (unpaired) electrons. The third kappa shape index (κ3) is 5.51. The Bertz CT molecular complexity index is 903. The summed E-state index contributed by atoms with van der Waals surface area (Å²) < 4.78 is 229. The fraction of sp³-hybridized carbons (Fsp3) is 0.842. The van der Waals surface area contributed by atoms with Crippen molar-refractivity contribution in [3.8, 4) is 0 Å². The molecule has 0 aromatic carbocycles. The summed E-state index contributed by atoms with van der Waals surface area (Å²) >= 11 is 0. The van der Waals surface area contributed by atoms with Crippen molar-refractivity contribution in [2.45, 2.75) is 88.7 Å². The minimum atomic E-state index is -8.68. The molecule has 0 bridgehead atoms. The van der Waals surface area contributed by atoms with Crippen LogP contribution >= 0.6 is 0 Å². The zero-order valence-corrected chi connectivity index (χ0v) is 19.7. The summed E-state index contributed by atoms with van der Waals surface area (Å²) in [5, 5.41) is 0. The molecule has 0 fully saturated rings. The van der Waals surface area contributed by atoms with E-state index in [2.05, 4.69) is 4.74 Å². The van der Waals surface area contributed by atoms with E-state index in [4.69, 9.17) is 0 Å². The number of carbonyl (C=O) groups is 1. The first-order valence-electron chi connectivity index (χ1n) is 9.76. The number of allylic oxidation sites excluding steroid dienone is 1. The van der Waals surface area contributed by atoms with Crippen LogP contribution < -0.4 is 0 Å². The Kier molecular flexibility index (Phi) is 9.37. The summed E-state index contributed by atoms with van der Waals surface area (Å²) in [4.78, 5) is 12.0. The van der Waals surface area contributed by atoms with Crippen molar-refractivity contribution in [3.63, 3.8) is 0 Å². The van der Waals surface area contributed by atoms with Crippen LogP contribution in [-0.4, -0.2) is 60.2 Å². The molecule has 0 atom stereocenters. The number of hydrogen-bond acceptors (Lipinski definition) is 2. The third-order valence-electron chi connectivity index (χ3n) is 4.89. The molecule has 0 aliphatic carbocycles. The van der Waals surface area contributed by atoms with Gasteiger partial charge in [0.15, 0.2) is 0 Å². The molecule has 0 heterocycles. The molecule has 2 nitrogen and oxygen atoms in total. The van der Waals surface area contributed by atoms with Crippen molar-refractivity contribution in [1.29, 1.82) is 0 Å². The van der Waals surface area contributed by atoms with Gasteiger partial charge in [0.2, 0.25) is 0 Å². The van der Waals surface area contributed by atoms with Gasteiger partial charge in [0, 0.05) is 5.57 Å². The third-order valence-corrected chi connectivity index (χ3v) is 4.89. The zero-order valence-electron chi connectivity index (χ0n) is 19.7. The monoisotopic (exact) mass is 602 g/mol. The van der Waals surface area contributed by atoms with Gasteiger partial charge in [-0.25, -0.2) is 4.79 Å². The lowest BCUT2D eigenvalue weighted by Crippen LogP contribution is -2.74. The molecule has 0 rings (SSSR count). The maximum Gasteiger partial charge on any atom is 0.460 e. The lowest BCUT2D eigenvalue weighted by molar-refractivity contribution is -0.461. The fourth-order valence-electron chi connectivity index (χ4n) is 2.96. The minimum absolute atomic E-state index is 0.185. The van der Waals surface area contributed by atoms with Gasteiger partial charge in [0.05, 0.1) is 13.0 Å². The molecule has 0 spiro atoms. The first-order chi connectivity index (χ1) is 16.2. The van der Waals surface area contributed by atoms with Crippen LogP contribution in [0, 0.1) is 5.41 Å². The van der Waals surface area contributed by atoms with Crippen LogP contribution in [0.1, 0.15) is 41.0 Å². The van der Waals surface area contributed by atoms with E-state index in [9.17, 15) is 79.4 Å². The fourth-order valence-corrected chi connectivity index (χ4v) is 2.96. The number of carbonyl (C=O) groups excluding carboxylic acids is 1. The molecule has 38 heavy (non-hydrogen) atoms. The Balaban J connectivity index is 6.32. The maximum atomic E-state index is 13.9. The molecule has 0 aliphatic rings. The second kappa shape index (κ2) is 9.89. The average Bonchev–Trinajstić information content (AvgIpc) is 2.64. The van der Waals surface area contributed by atoms with Crippen LogP contribution in [-0.2, 0) is 9.53 Å². The van der Waals surface area contributed by atoms with Crippen LogP contribution in [0.5, 0.6) is 0 Å². The normalized spacial score (nSPS) is 15.4. The van der Waals surface area contributed by atoms with Crippen molar-refractivity contribution < 1.29 is 84.2 Å². The van der Waals surface area contributed by atoms with Gasteiger partial charge in [0.25, 0.3) is 0 Å². The van der Waals surface area contributed by atoms with Gasteiger partial charge >= 0.3 is 53.6 Å². The molecule has 0 aliphatic heterocycles. The Morgan fingerprint density at radius 1 is 0.553 bits per heavy atom. The molecule has 0 aromatic heterocycles. The lowest BCUT2D eigenvalue weighted by atomic mass is 9.84. The second-order valence-corrected chi connectivity index (χ2v) is 9.16. The number of alkyl halides is 17. The van der Waals surface area contributed by atoms with Gasteiger partial charge in [-0.1, -0.05) is 26.3 Å². The van der Waals surface area contributed by atoms with Crippen LogP contribution in [0.3, 0.4) is 0 Å². The predicted molar refractivity (Wildman–Crippen MR) is 94.1 cm³/mol. The van der Waals surface area contributed by atoms with E-state index in [0.717, 1.165) is 0 Å². The van der Waals surface area contributed by atoms with Crippen LogP contribution in [0.15, 0.2) is 11.1 Å². The Morgan fingerprint density at radius 2 is 0.868 bits per heavy atom. The van der Waals surface area contributed by atoms with Crippen LogP contribution in [0.2, 0.25) is 0 Å². The quantitative estimate of drug-likeness (QED) is 0.143. The Labute approximate surface area is 203 Å². The van der Waals surface area contributed by atoms with Crippen LogP contribution in [0.4, 0.5) is 74.6 Å². The smallest absolute Gasteiger partial charge is 0.460 e. The average molecular weight is 602 g/mol. The highest BCUT2D eigenvalue weighted by molar-refractivity contribution is 5.90. The van der Waals surface area contributed by atoms with E-state index in [1.807, 2.05) is 0 Å². The van der Waals surface area contributed by atoms with Gasteiger partial charge < -0.3 is 4.74 Å². The summed E-state index contributed by atoms with van der Waals surface area (Å²) in [6.45, 7) is 4.74. The largest absolute Gasteiger partial charge is 0.462 e. The zero-order chi connectivity index (χ0) is 31.4.